The summed E-state index contributed by atoms with van der Waals surface area (Å²) in [6.45, 7) is 2.19. The molecule has 0 unspecified atom stereocenters. The normalized spacial score (nSPS) is 13.2. The van der Waals surface area contributed by atoms with Crippen LogP contribution in [-0.2, 0) is 11.3 Å². The summed E-state index contributed by atoms with van der Waals surface area (Å²) in [6, 6.07) is 14.4. The average molecular weight is 418 g/mol. The predicted molar refractivity (Wildman–Crippen MR) is 120 cm³/mol. The summed E-state index contributed by atoms with van der Waals surface area (Å²) < 4.78 is 11.2. The number of amides is 2. The largest absolute Gasteiger partial charge is 0.497 e. The third kappa shape index (κ3) is 6.34. The Morgan fingerprint density at radius 1 is 1.03 bits per heavy atom. The minimum absolute atomic E-state index is 0.148. The highest BCUT2D eigenvalue weighted by Gasteiger charge is 2.15. The van der Waals surface area contributed by atoms with Crippen molar-refractivity contribution in [3.8, 4) is 11.5 Å². The quantitative estimate of drug-likeness (QED) is 0.628. The molecule has 31 heavy (non-hydrogen) atoms. The zero-order valence-electron chi connectivity index (χ0n) is 17.7. The number of benzene rings is 2. The van der Waals surface area contributed by atoms with Crippen LogP contribution in [0.1, 0.15) is 35.7 Å². The second-order valence-corrected chi connectivity index (χ2v) is 6.92. The van der Waals surface area contributed by atoms with Crippen LogP contribution in [-0.4, -0.2) is 18.9 Å². The number of rotatable bonds is 8. The summed E-state index contributed by atoms with van der Waals surface area (Å²) in [5.74, 6) is 1.78. The molecule has 3 rings (SSSR count). The molecule has 0 radical (unpaired) electrons. The first kappa shape index (κ1) is 21.9. The van der Waals surface area contributed by atoms with Crippen LogP contribution in [0, 0.1) is 0 Å². The summed E-state index contributed by atoms with van der Waals surface area (Å²) in [5, 5.41) is 5.72. The lowest BCUT2D eigenvalue weighted by molar-refractivity contribution is -0.116. The van der Waals surface area contributed by atoms with Crippen molar-refractivity contribution in [1.82, 2.24) is 10.6 Å². The third-order valence-electron chi connectivity index (χ3n) is 4.67. The predicted octanol–water partition coefficient (Wildman–Crippen LogP) is 4.26. The second kappa shape index (κ2) is 10.8. The van der Waals surface area contributed by atoms with Crippen LogP contribution in [0.15, 0.2) is 84.3 Å². The molecule has 0 saturated carbocycles. The standard InChI is InChI=1S/C25H26N2O4/c1-3-6-24(28)26-17-18-9-11-19(12-10-18)25(29)27-22-7-4-5-8-23(22)31-21-15-13-20(30-2)14-16-21/h3-4,6-7,9-16H,5,8,17H2,1-2H3,(H,26,28)(H,27,29)/b6-3+. The number of allylic oxidation sites excluding steroid dienone is 4. The van der Waals surface area contributed by atoms with Gasteiger partial charge in [-0.2, -0.15) is 0 Å². The summed E-state index contributed by atoms with van der Waals surface area (Å²) in [6.07, 6.45) is 8.57. The minimum Gasteiger partial charge on any atom is -0.497 e. The van der Waals surface area contributed by atoms with Crippen LogP contribution in [0.2, 0.25) is 0 Å². The molecule has 0 aromatic heterocycles. The Morgan fingerprint density at radius 3 is 2.42 bits per heavy atom. The van der Waals surface area contributed by atoms with E-state index in [2.05, 4.69) is 10.6 Å². The van der Waals surface area contributed by atoms with Gasteiger partial charge in [-0.15, -0.1) is 0 Å². The number of hydrogen-bond donors (Lipinski definition) is 2. The van der Waals surface area contributed by atoms with Gasteiger partial charge in [0.25, 0.3) is 5.91 Å². The molecule has 0 saturated heterocycles. The Hall–Kier alpha value is -3.80. The first-order chi connectivity index (χ1) is 15.1. The van der Waals surface area contributed by atoms with Gasteiger partial charge in [-0.1, -0.05) is 24.3 Å². The van der Waals surface area contributed by atoms with Gasteiger partial charge >= 0.3 is 0 Å². The van der Waals surface area contributed by atoms with Gasteiger partial charge in [0.1, 0.15) is 17.3 Å². The molecule has 0 fully saturated rings. The van der Waals surface area contributed by atoms with Crippen LogP contribution in [0.5, 0.6) is 11.5 Å². The van der Waals surface area contributed by atoms with E-state index in [0.717, 1.165) is 17.7 Å². The molecular formula is C25H26N2O4. The number of carbonyl (C=O) groups is 2. The molecule has 2 aromatic carbocycles. The van der Waals surface area contributed by atoms with E-state index in [0.29, 0.717) is 35.7 Å². The first-order valence-electron chi connectivity index (χ1n) is 10.1. The van der Waals surface area contributed by atoms with Gasteiger partial charge in [-0.25, -0.2) is 0 Å². The fourth-order valence-electron chi connectivity index (χ4n) is 3.01. The Balaban J connectivity index is 1.65. The van der Waals surface area contributed by atoms with E-state index in [9.17, 15) is 9.59 Å². The Bertz CT molecular complexity index is 1000. The Morgan fingerprint density at radius 2 is 1.74 bits per heavy atom. The molecule has 160 valence electrons. The van der Waals surface area contributed by atoms with Crippen LogP contribution >= 0.6 is 0 Å². The van der Waals surface area contributed by atoms with Crippen LogP contribution < -0.4 is 20.1 Å². The molecule has 2 amide bonds. The SMILES string of the molecule is C/C=C/C(=O)NCc1ccc(C(=O)NC2=C(Oc3ccc(OC)cc3)CCC=C2)cc1. The van der Waals surface area contributed by atoms with Gasteiger partial charge in [0.2, 0.25) is 5.91 Å². The van der Waals surface area contributed by atoms with E-state index in [-0.39, 0.29) is 11.8 Å². The van der Waals surface area contributed by atoms with E-state index in [1.165, 1.54) is 6.08 Å². The number of carbonyl (C=O) groups excluding carboxylic acids is 2. The van der Waals surface area contributed by atoms with Gasteiger partial charge in [0.15, 0.2) is 0 Å². The number of nitrogens with one attached hydrogen (secondary N) is 2. The highest BCUT2D eigenvalue weighted by Crippen LogP contribution is 2.24. The van der Waals surface area contributed by atoms with Crippen molar-refractivity contribution >= 4 is 11.8 Å². The summed E-state index contributed by atoms with van der Waals surface area (Å²) in [7, 11) is 1.62. The summed E-state index contributed by atoms with van der Waals surface area (Å²) in [4.78, 5) is 24.2. The van der Waals surface area contributed by atoms with E-state index < -0.39 is 0 Å². The monoisotopic (exact) mass is 418 g/mol. The highest BCUT2D eigenvalue weighted by atomic mass is 16.5. The molecule has 0 bridgehead atoms. The maximum absolute atomic E-state index is 12.7. The molecule has 6 nitrogen and oxygen atoms in total. The van der Waals surface area contributed by atoms with Gasteiger partial charge in [-0.3, -0.25) is 9.59 Å². The van der Waals surface area contributed by atoms with Crippen LogP contribution in [0.25, 0.3) is 0 Å². The lowest BCUT2D eigenvalue weighted by atomic mass is 10.1. The van der Waals surface area contributed by atoms with Crippen molar-refractivity contribution in [3.63, 3.8) is 0 Å². The fourth-order valence-corrected chi connectivity index (χ4v) is 3.01. The molecule has 0 atom stereocenters. The smallest absolute Gasteiger partial charge is 0.255 e. The van der Waals surface area contributed by atoms with Crippen molar-refractivity contribution in [1.29, 1.82) is 0 Å². The van der Waals surface area contributed by atoms with E-state index in [4.69, 9.17) is 9.47 Å². The maximum Gasteiger partial charge on any atom is 0.255 e. The maximum atomic E-state index is 12.7. The van der Waals surface area contributed by atoms with Crippen molar-refractivity contribution < 1.29 is 19.1 Å². The molecule has 1 aliphatic rings. The molecule has 0 spiro atoms. The molecule has 1 aliphatic carbocycles. The molecule has 2 aromatic rings. The number of hydrogen-bond acceptors (Lipinski definition) is 4. The summed E-state index contributed by atoms with van der Waals surface area (Å²) >= 11 is 0. The average Bonchev–Trinajstić information content (AvgIpc) is 2.80. The Labute approximate surface area is 182 Å². The lowest BCUT2D eigenvalue weighted by Gasteiger charge is -2.18. The van der Waals surface area contributed by atoms with Crippen molar-refractivity contribution in [3.05, 3.63) is 95.4 Å². The zero-order valence-corrected chi connectivity index (χ0v) is 17.7. The van der Waals surface area contributed by atoms with Gasteiger partial charge in [0, 0.05) is 18.5 Å². The zero-order chi connectivity index (χ0) is 22.1. The van der Waals surface area contributed by atoms with Crippen molar-refractivity contribution in [2.75, 3.05) is 7.11 Å². The topological polar surface area (TPSA) is 76.7 Å². The lowest BCUT2D eigenvalue weighted by Crippen LogP contribution is -2.25. The van der Waals surface area contributed by atoms with E-state index >= 15 is 0 Å². The molecule has 2 N–H and O–H groups in total. The first-order valence-corrected chi connectivity index (χ1v) is 10.1. The van der Waals surface area contributed by atoms with Gasteiger partial charge in [-0.05, 0) is 67.5 Å². The fraction of sp³-hybridized carbons (Fsp3) is 0.200. The van der Waals surface area contributed by atoms with Crippen molar-refractivity contribution in [2.24, 2.45) is 0 Å². The minimum atomic E-state index is -0.220. The second-order valence-electron chi connectivity index (χ2n) is 6.92. The number of ether oxygens (including phenoxy) is 2. The van der Waals surface area contributed by atoms with E-state index in [1.54, 1.807) is 32.2 Å². The highest BCUT2D eigenvalue weighted by molar-refractivity contribution is 5.95. The van der Waals surface area contributed by atoms with Crippen molar-refractivity contribution in [2.45, 2.75) is 26.3 Å². The molecule has 0 aliphatic heterocycles. The Kier molecular flexibility index (Phi) is 7.65. The third-order valence-corrected chi connectivity index (χ3v) is 4.67. The van der Waals surface area contributed by atoms with Gasteiger partial charge in [0.05, 0.1) is 12.8 Å². The van der Waals surface area contributed by atoms with Crippen LogP contribution in [0.3, 0.4) is 0 Å². The number of methoxy groups -OCH3 is 1. The molecular weight excluding hydrogens is 392 g/mol. The molecule has 6 heteroatoms. The van der Waals surface area contributed by atoms with Gasteiger partial charge < -0.3 is 20.1 Å². The summed E-state index contributed by atoms with van der Waals surface area (Å²) in [5.41, 5.74) is 2.09. The van der Waals surface area contributed by atoms with E-state index in [1.807, 2.05) is 48.6 Å². The molecule has 0 heterocycles. The van der Waals surface area contributed by atoms with Crippen LogP contribution in [0.4, 0.5) is 0 Å².